The zero-order valence-electron chi connectivity index (χ0n) is 15.4. The van der Waals surface area contributed by atoms with Gasteiger partial charge in [-0.2, -0.15) is 0 Å². The van der Waals surface area contributed by atoms with Gasteiger partial charge in [0.25, 0.3) is 0 Å². The van der Waals surface area contributed by atoms with Gasteiger partial charge in [0.15, 0.2) is 0 Å². The van der Waals surface area contributed by atoms with Gasteiger partial charge in [-0.25, -0.2) is 4.98 Å². The topological polar surface area (TPSA) is 61.8 Å². The Kier molecular flexibility index (Phi) is 5.60. The molecule has 2 fully saturated rings. The van der Waals surface area contributed by atoms with E-state index in [1.54, 1.807) is 6.20 Å². The summed E-state index contributed by atoms with van der Waals surface area (Å²) in [5.41, 5.74) is 0.955. The summed E-state index contributed by atoms with van der Waals surface area (Å²) < 4.78 is 5.48. The van der Waals surface area contributed by atoms with Gasteiger partial charge < -0.3 is 14.5 Å². The van der Waals surface area contributed by atoms with Crippen LogP contribution in [0.3, 0.4) is 0 Å². The number of anilines is 1. The summed E-state index contributed by atoms with van der Waals surface area (Å²) in [5, 5.41) is 0. The Bertz CT molecular complexity index is 729. The molecule has 7 nitrogen and oxygen atoms in total. The van der Waals surface area contributed by atoms with Crippen molar-refractivity contribution in [1.82, 2.24) is 19.8 Å². The highest BCUT2D eigenvalue weighted by Gasteiger charge is 2.34. The number of nitrogens with zero attached hydrogens (tertiary/aromatic N) is 5. The smallest absolute Gasteiger partial charge is 0.244 e. The summed E-state index contributed by atoms with van der Waals surface area (Å²) in [5.74, 6) is 1.13. The highest BCUT2D eigenvalue weighted by atomic mass is 16.5. The van der Waals surface area contributed by atoms with Crippen molar-refractivity contribution < 1.29 is 9.53 Å². The third-order valence-corrected chi connectivity index (χ3v) is 5.21. The van der Waals surface area contributed by atoms with E-state index in [4.69, 9.17) is 4.74 Å². The third-order valence-electron chi connectivity index (χ3n) is 5.21. The number of carbonyl (C=O) groups is 1. The molecule has 4 rings (SSSR count). The number of aromatic nitrogens is 2. The Balaban J connectivity index is 1.47. The molecule has 2 saturated heterocycles. The average Bonchev–Trinajstić information content (AvgIpc) is 2.76. The predicted octanol–water partition coefficient (Wildman–Crippen LogP) is 1.20. The maximum Gasteiger partial charge on any atom is 0.244 e. The number of rotatable bonds is 4. The van der Waals surface area contributed by atoms with Crippen molar-refractivity contribution in [2.45, 2.75) is 6.04 Å². The van der Waals surface area contributed by atoms with E-state index in [-0.39, 0.29) is 11.9 Å². The highest BCUT2D eigenvalue weighted by molar-refractivity contribution is 5.83. The number of hydrogen-bond acceptors (Lipinski definition) is 6. The van der Waals surface area contributed by atoms with E-state index in [0.717, 1.165) is 37.6 Å². The Morgan fingerprint density at radius 2 is 1.78 bits per heavy atom. The summed E-state index contributed by atoms with van der Waals surface area (Å²) in [6.45, 7) is 5.86. The molecule has 4 heterocycles. The monoisotopic (exact) mass is 367 g/mol. The molecule has 0 aromatic carbocycles. The summed E-state index contributed by atoms with van der Waals surface area (Å²) >= 11 is 0. The number of pyridine rings is 2. The van der Waals surface area contributed by atoms with Crippen molar-refractivity contribution in [3.05, 3.63) is 54.5 Å². The van der Waals surface area contributed by atoms with Gasteiger partial charge in [0.05, 0.1) is 13.2 Å². The van der Waals surface area contributed by atoms with Crippen LogP contribution in [-0.2, 0) is 9.53 Å². The van der Waals surface area contributed by atoms with Crippen LogP contribution in [0.4, 0.5) is 5.82 Å². The van der Waals surface area contributed by atoms with E-state index >= 15 is 0 Å². The fourth-order valence-corrected chi connectivity index (χ4v) is 3.75. The first-order chi connectivity index (χ1) is 13.3. The van der Waals surface area contributed by atoms with Gasteiger partial charge >= 0.3 is 0 Å². The zero-order chi connectivity index (χ0) is 18.5. The average molecular weight is 367 g/mol. The van der Waals surface area contributed by atoms with E-state index in [1.165, 1.54) is 0 Å². The van der Waals surface area contributed by atoms with E-state index < -0.39 is 0 Å². The molecule has 7 heteroatoms. The number of ether oxygens (including phenoxy) is 1. The largest absolute Gasteiger partial charge is 0.379 e. The minimum absolute atomic E-state index is 0.158. The molecule has 2 aromatic heterocycles. The second-order valence-corrected chi connectivity index (χ2v) is 6.84. The van der Waals surface area contributed by atoms with Crippen LogP contribution in [0.1, 0.15) is 11.6 Å². The van der Waals surface area contributed by atoms with Gasteiger partial charge in [0.2, 0.25) is 5.91 Å². The van der Waals surface area contributed by atoms with E-state index in [1.807, 2.05) is 47.6 Å². The van der Waals surface area contributed by atoms with E-state index in [0.29, 0.717) is 26.3 Å². The summed E-state index contributed by atoms with van der Waals surface area (Å²) in [4.78, 5) is 28.5. The first kappa shape index (κ1) is 17.9. The fraction of sp³-hybridized carbons (Fsp3) is 0.450. The Morgan fingerprint density at radius 1 is 0.963 bits per heavy atom. The van der Waals surface area contributed by atoms with Crippen molar-refractivity contribution in [1.29, 1.82) is 0 Å². The van der Waals surface area contributed by atoms with Gasteiger partial charge in [0.1, 0.15) is 11.9 Å². The van der Waals surface area contributed by atoms with Crippen LogP contribution < -0.4 is 4.90 Å². The van der Waals surface area contributed by atoms with Crippen molar-refractivity contribution in [3.8, 4) is 0 Å². The molecule has 0 N–H and O–H groups in total. The zero-order valence-corrected chi connectivity index (χ0v) is 15.4. The van der Waals surface area contributed by atoms with Crippen LogP contribution in [0.15, 0.2) is 48.9 Å². The van der Waals surface area contributed by atoms with Gasteiger partial charge in [-0.3, -0.25) is 14.7 Å². The molecule has 2 aromatic rings. The first-order valence-electron chi connectivity index (χ1n) is 9.49. The summed E-state index contributed by atoms with van der Waals surface area (Å²) in [7, 11) is 0. The minimum atomic E-state index is -0.288. The Hall–Kier alpha value is -2.51. The number of amides is 1. The molecular formula is C20H25N5O2. The normalized spacial score (nSPS) is 19.7. The maximum atomic E-state index is 13.4. The highest BCUT2D eigenvalue weighted by Crippen LogP contribution is 2.25. The molecule has 0 aliphatic carbocycles. The number of hydrogen-bond donors (Lipinski definition) is 0. The summed E-state index contributed by atoms with van der Waals surface area (Å²) in [6.07, 6.45) is 5.36. The van der Waals surface area contributed by atoms with Crippen LogP contribution in [-0.4, -0.2) is 78.2 Å². The molecule has 2 aliphatic rings. The number of piperazine rings is 1. The molecule has 1 amide bonds. The number of carbonyl (C=O) groups excluding carboxylic acids is 1. The minimum Gasteiger partial charge on any atom is -0.379 e. The molecule has 0 spiro atoms. The molecule has 142 valence electrons. The quantitative estimate of drug-likeness (QED) is 0.809. The van der Waals surface area contributed by atoms with E-state index in [2.05, 4.69) is 19.8 Å². The van der Waals surface area contributed by atoms with Crippen molar-refractivity contribution in [2.24, 2.45) is 0 Å². The van der Waals surface area contributed by atoms with Crippen LogP contribution >= 0.6 is 0 Å². The molecule has 0 radical (unpaired) electrons. The lowest BCUT2D eigenvalue weighted by Gasteiger charge is -2.40. The summed E-state index contributed by atoms with van der Waals surface area (Å²) in [6, 6.07) is 9.54. The molecule has 2 aliphatic heterocycles. The third kappa shape index (κ3) is 4.09. The molecular weight excluding hydrogens is 342 g/mol. The predicted molar refractivity (Wildman–Crippen MR) is 102 cm³/mol. The molecule has 0 saturated carbocycles. The molecule has 0 unspecified atom stereocenters. The van der Waals surface area contributed by atoms with E-state index in [9.17, 15) is 4.79 Å². The van der Waals surface area contributed by atoms with Crippen LogP contribution in [0.2, 0.25) is 0 Å². The van der Waals surface area contributed by atoms with Crippen LogP contribution in [0, 0.1) is 0 Å². The second-order valence-electron chi connectivity index (χ2n) is 6.84. The lowest BCUT2D eigenvalue weighted by Crippen LogP contribution is -2.53. The number of morpholine rings is 1. The SMILES string of the molecule is O=C([C@@H](c1cccnc1)N1CCOCC1)N1CCN(c2ccccn2)CC1. The lowest BCUT2D eigenvalue weighted by atomic mass is 10.0. The van der Waals surface area contributed by atoms with Gasteiger partial charge in [-0.1, -0.05) is 12.1 Å². The van der Waals surface area contributed by atoms with Crippen molar-refractivity contribution >= 4 is 11.7 Å². The Morgan fingerprint density at radius 3 is 2.44 bits per heavy atom. The Labute approximate surface area is 159 Å². The maximum absolute atomic E-state index is 13.4. The standard InChI is InChI=1S/C20H25N5O2/c26-20(25-10-8-23(9-11-25)18-5-1-2-7-22-18)19(17-4-3-6-21-16-17)24-12-14-27-15-13-24/h1-7,16,19H,8-15H2/t19-/m1/s1. The van der Waals surface area contributed by atoms with Crippen LogP contribution in [0.5, 0.6) is 0 Å². The molecule has 1 atom stereocenters. The van der Waals surface area contributed by atoms with Crippen molar-refractivity contribution in [2.75, 3.05) is 57.4 Å². The van der Waals surface area contributed by atoms with Crippen molar-refractivity contribution in [3.63, 3.8) is 0 Å². The second kappa shape index (κ2) is 8.45. The van der Waals surface area contributed by atoms with Gasteiger partial charge in [-0.15, -0.1) is 0 Å². The lowest BCUT2D eigenvalue weighted by molar-refractivity contribution is -0.139. The van der Waals surface area contributed by atoms with Gasteiger partial charge in [0, 0.05) is 57.9 Å². The first-order valence-corrected chi connectivity index (χ1v) is 9.49. The molecule has 27 heavy (non-hydrogen) atoms. The van der Waals surface area contributed by atoms with Crippen LogP contribution in [0.25, 0.3) is 0 Å². The van der Waals surface area contributed by atoms with Gasteiger partial charge in [-0.05, 0) is 23.8 Å². The fourth-order valence-electron chi connectivity index (χ4n) is 3.75. The molecule has 0 bridgehead atoms.